The van der Waals surface area contributed by atoms with Gasteiger partial charge in [0.25, 0.3) is 5.91 Å². The third-order valence-electron chi connectivity index (χ3n) is 3.71. The van der Waals surface area contributed by atoms with Crippen LogP contribution in [0.3, 0.4) is 0 Å². The van der Waals surface area contributed by atoms with Crippen LogP contribution in [0.25, 0.3) is 5.65 Å². The zero-order chi connectivity index (χ0) is 18.0. The van der Waals surface area contributed by atoms with Gasteiger partial charge in [-0.2, -0.15) is 0 Å². The fourth-order valence-electron chi connectivity index (χ4n) is 2.47. The van der Waals surface area contributed by atoms with Crippen molar-refractivity contribution in [3.8, 4) is 5.75 Å². The van der Waals surface area contributed by atoms with Crippen molar-refractivity contribution >= 4 is 17.2 Å². The fourth-order valence-corrected chi connectivity index (χ4v) is 2.47. The fraction of sp³-hybridized carbons (Fsp3) is 0.188. The zero-order valence-electron chi connectivity index (χ0n) is 13.5. The largest absolute Gasteiger partial charge is 0.490 e. The van der Waals surface area contributed by atoms with Crippen molar-refractivity contribution in [2.45, 2.75) is 13.0 Å². The number of carbonyl (C=O) groups excluding carboxylic acids is 1. The van der Waals surface area contributed by atoms with Crippen molar-refractivity contribution in [3.63, 3.8) is 0 Å². The first-order chi connectivity index (χ1) is 12.0. The van der Waals surface area contributed by atoms with Gasteiger partial charge in [0.1, 0.15) is 0 Å². The molecule has 2 aromatic heterocycles. The molecular formula is C16H15N5O4. The summed E-state index contributed by atoms with van der Waals surface area (Å²) < 4.78 is 6.70. The van der Waals surface area contributed by atoms with Crippen LogP contribution in [0.15, 0.2) is 42.6 Å². The molecule has 0 saturated carbocycles. The first-order valence-electron chi connectivity index (χ1n) is 7.44. The van der Waals surface area contributed by atoms with Crippen molar-refractivity contribution in [1.82, 2.24) is 19.9 Å². The second kappa shape index (κ2) is 6.56. The van der Waals surface area contributed by atoms with Gasteiger partial charge in [-0.05, 0) is 31.2 Å². The number of nitrogens with zero attached hydrogens (tertiary/aromatic N) is 4. The van der Waals surface area contributed by atoms with E-state index in [0.717, 1.165) is 0 Å². The number of nitro benzene ring substituents is 1. The molecule has 1 N–H and O–H groups in total. The molecule has 2 heterocycles. The summed E-state index contributed by atoms with van der Waals surface area (Å²) >= 11 is 0. The molecule has 0 aliphatic rings. The molecule has 0 aliphatic carbocycles. The number of aromatic nitrogens is 3. The Morgan fingerprint density at radius 2 is 2.12 bits per heavy atom. The molecule has 9 heteroatoms. The predicted molar refractivity (Wildman–Crippen MR) is 88.5 cm³/mol. The van der Waals surface area contributed by atoms with Crippen LogP contribution >= 0.6 is 0 Å². The molecule has 0 radical (unpaired) electrons. The Kier molecular flexibility index (Phi) is 4.29. The number of hydrogen-bond donors (Lipinski definition) is 1. The molecule has 0 spiro atoms. The van der Waals surface area contributed by atoms with Gasteiger partial charge < -0.3 is 10.1 Å². The maximum Gasteiger partial charge on any atom is 0.311 e. The van der Waals surface area contributed by atoms with E-state index in [4.69, 9.17) is 4.74 Å². The molecule has 0 bridgehead atoms. The minimum atomic E-state index is -0.592. The van der Waals surface area contributed by atoms with E-state index in [1.165, 1.54) is 25.3 Å². The Morgan fingerprint density at radius 1 is 1.32 bits per heavy atom. The third kappa shape index (κ3) is 3.11. The van der Waals surface area contributed by atoms with Crippen molar-refractivity contribution in [3.05, 3.63) is 64.1 Å². The summed E-state index contributed by atoms with van der Waals surface area (Å²) in [6, 6.07) is 9.08. The maximum atomic E-state index is 12.4. The first-order valence-corrected chi connectivity index (χ1v) is 7.44. The predicted octanol–water partition coefficient (Wildman–Crippen LogP) is 2.14. The van der Waals surface area contributed by atoms with Gasteiger partial charge in [0.15, 0.2) is 17.2 Å². The molecule has 0 saturated heterocycles. The van der Waals surface area contributed by atoms with Crippen LogP contribution in [-0.2, 0) is 0 Å². The number of rotatable bonds is 5. The Balaban J connectivity index is 1.84. The number of benzene rings is 1. The summed E-state index contributed by atoms with van der Waals surface area (Å²) in [6.07, 6.45) is 1.80. The monoisotopic (exact) mass is 341 g/mol. The van der Waals surface area contributed by atoms with Gasteiger partial charge in [0, 0.05) is 17.8 Å². The lowest BCUT2D eigenvalue weighted by atomic mass is 10.1. The summed E-state index contributed by atoms with van der Waals surface area (Å²) in [4.78, 5) is 22.9. The molecule has 0 fully saturated rings. The molecule has 1 amide bonds. The van der Waals surface area contributed by atoms with Crippen LogP contribution in [0.1, 0.15) is 29.1 Å². The standard InChI is InChI=1S/C16H15N5O4/c1-10(15-19-18-14-5-3-4-8-20(14)15)17-16(22)11-6-7-13(25-2)12(9-11)21(23)24/h3-10H,1-2H3,(H,17,22). The van der Waals surface area contributed by atoms with Crippen LogP contribution in [0.5, 0.6) is 5.75 Å². The highest BCUT2D eigenvalue weighted by molar-refractivity contribution is 5.95. The summed E-state index contributed by atoms with van der Waals surface area (Å²) in [7, 11) is 1.33. The van der Waals surface area contributed by atoms with Crippen LogP contribution < -0.4 is 10.1 Å². The van der Waals surface area contributed by atoms with Crippen LogP contribution in [0, 0.1) is 10.1 Å². The number of nitrogens with one attached hydrogen (secondary N) is 1. The number of methoxy groups -OCH3 is 1. The number of ether oxygens (including phenoxy) is 1. The summed E-state index contributed by atoms with van der Waals surface area (Å²) in [6.45, 7) is 1.76. The summed E-state index contributed by atoms with van der Waals surface area (Å²) in [5, 5.41) is 22.0. The van der Waals surface area contributed by atoms with Crippen LogP contribution in [0.4, 0.5) is 5.69 Å². The van der Waals surface area contributed by atoms with Crippen molar-refractivity contribution < 1.29 is 14.5 Å². The Labute approximate surface area is 142 Å². The second-order valence-electron chi connectivity index (χ2n) is 5.33. The molecular weight excluding hydrogens is 326 g/mol. The third-order valence-corrected chi connectivity index (χ3v) is 3.71. The lowest BCUT2D eigenvalue weighted by Crippen LogP contribution is -2.28. The number of nitro groups is 1. The lowest BCUT2D eigenvalue weighted by molar-refractivity contribution is -0.385. The average Bonchev–Trinajstić information content (AvgIpc) is 3.05. The second-order valence-corrected chi connectivity index (χ2v) is 5.33. The molecule has 3 rings (SSSR count). The van der Waals surface area contributed by atoms with Gasteiger partial charge in [0.05, 0.1) is 18.1 Å². The lowest BCUT2D eigenvalue weighted by Gasteiger charge is -2.12. The number of pyridine rings is 1. The molecule has 1 atom stereocenters. The van der Waals surface area contributed by atoms with E-state index >= 15 is 0 Å². The maximum absolute atomic E-state index is 12.4. The van der Waals surface area contributed by atoms with Gasteiger partial charge in [-0.15, -0.1) is 10.2 Å². The van der Waals surface area contributed by atoms with E-state index in [9.17, 15) is 14.9 Å². The summed E-state index contributed by atoms with van der Waals surface area (Å²) in [5.74, 6) is 0.205. The minimum Gasteiger partial charge on any atom is -0.490 e. The SMILES string of the molecule is COc1ccc(C(=O)NC(C)c2nnc3ccccn23)cc1[N+](=O)[O-]. The van der Waals surface area contributed by atoms with E-state index < -0.39 is 16.9 Å². The zero-order valence-corrected chi connectivity index (χ0v) is 13.5. The van der Waals surface area contributed by atoms with Gasteiger partial charge in [-0.1, -0.05) is 6.07 Å². The highest BCUT2D eigenvalue weighted by Crippen LogP contribution is 2.27. The summed E-state index contributed by atoms with van der Waals surface area (Å²) in [5.41, 5.74) is 0.558. The van der Waals surface area contributed by atoms with Gasteiger partial charge in [-0.25, -0.2) is 0 Å². The van der Waals surface area contributed by atoms with E-state index in [1.807, 2.05) is 12.1 Å². The van der Waals surface area contributed by atoms with Crippen molar-refractivity contribution in [1.29, 1.82) is 0 Å². The quantitative estimate of drug-likeness (QED) is 0.562. The van der Waals surface area contributed by atoms with Gasteiger partial charge >= 0.3 is 5.69 Å². The molecule has 1 aromatic carbocycles. The van der Waals surface area contributed by atoms with Crippen molar-refractivity contribution in [2.24, 2.45) is 0 Å². The highest BCUT2D eigenvalue weighted by atomic mass is 16.6. The molecule has 9 nitrogen and oxygen atoms in total. The Hall–Kier alpha value is -3.49. The molecule has 25 heavy (non-hydrogen) atoms. The Bertz CT molecular complexity index is 953. The van der Waals surface area contributed by atoms with E-state index in [1.54, 1.807) is 23.6 Å². The highest BCUT2D eigenvalue weighted by Gasteiger charge is 2.21. The molecule has 1 unspecified atom stereocenters. The number of amides is 1. The van der Waals surface area contributed by atoms with Crippen LogP contribution in [0.2, 0.25) is 0 Å². The Morgan fingerprint density at radius 3 is 2.84 bits per heavy atom. The van der Waals surface area contributed by atoms with E-state index in [-0.39, 0.29) is 17.0 Å². The van der Waals surface area contributed by atoms with Gasteiger partial charge in [-0.3, -0.25) is 19.3 Å². The topological polar surface area (TPSA) is 112 Å². The van der Waals surface area contributed by atoms with Crippen LogP contribution in [-0.4, -0.2) is 32.5 Å². The number of fused-ring (bicyclic) bond motifs is 1. The molecule has 3 aromatic rings. The minimum absolute atomic E-state index is 0.0954. The number of hydrogen-bond acceptors (Lipinski definition) is 6. The van der Waals surface area contributed by atoms with E-state index in [0.29, 0.717) is 11.5 Å². The number of carbonyl (C=O) groups is 1. The average molecular weight is 341 g/mol. The molecule has 128 valence electrons. The first kappa shape index (κ1) is 16.4. The van der Waals surface area contributed by atoms with E-state index in [2.05, 4.69) is 15.5 Å². The normalized spacial score (nSPS) is 11.9. The van der Waals surface area contributed by atoms with Crippen molar-refractivity contribution in [2.75, 3.05) is 7.11 Å². The smallest absolute Gasteiger partial charge is 0.311 e. The van der Waals surface area contributed by atoms with Gasteiger partial charge in [0.2, 0.25) is 0 Å². The molecule has 0 aliphatic heterocycles.